The number of halogens is 1. The number of benzene rings is 3. The molecule has 0 fully saturated rings. The maximum absolute atomic E-state index is 12.3. The van der Waals surface area contributed by atoms with E-state index in [0.29, 0.717) is 123 Å². The summed E-state index contributed by atoms with van der Waals surface area (Å²) in [5.74, 6) is 0.441. The number of ether oxygens (including phenoxy) is 9. The fourth-order valence-corrected chi connectivity index (χ4v) is 8.88. The number of cyclic esters (lactones) is 3. The second-order valence-electron chi connectivity index (χ2n) is 18.5. The summed E-state index contributed by atoms with van der Waals surface area (Å²) in [4.78, 5) is 69.3. The van der Waals surface area contributed by atoms with Crippen LogP contribution in [0.15, 0.2) is 34.9 Å². The van der Waals surface area contributed by atoms with E-state index in [-0.39, 0.29) is 95.4 Å². The third-order valence-electron chi connectivity index (χ3n) is 13.0. The molecular weight excluding hydrogens is 1230 g/mol. The number of fused-ring (bicyclic) bond motifs is 3. The molecule has 0 atom stereocenters. The fourth-order valence-electron chi connectivity index (χ4n) is 8.88. The third kappa shape index (κ3) is 22.4. The van der Waals surface area contributed by atoms with Gasteiger partial charge in [0.2, 0.25) is 0 Å². The molecule has 0 saturated carbocycles. The van der Waals surface area contributed by atoms with Crippen molar-refractivity contribution in [3.05, 3.63) is 102 Å². The fraction of sp³-hybridized carbons (Fsp3) is 0.508. The number of hydrogen-bond acceptors (Lipinski definition) is 19. The van der Waals surface area contributed by atoms with Crippen molar-refractivity contribution in [3.8, 4) is 34.5 Å². The van der Waals surface area contributed by atoms with Crippen LogP contribution in [0.25, 0.3) is 0 Å². The summed E-state index contributed by atoms with van der Waals surface area (Å²) in [6, 6.07) is 0. The Bertz CT molecular complexity index is 2810. The van der Waals surface area contributed by atoms with Gasteiger partial charge in [-0.05, 0) is 129 Å². The van der Waals surface area contributed by atoms with Crippen LogP contribution in [0.2, 0.25) is 0 Å². The van der Waals surface area contributed by atoms with Gasteiger partial charge in [0.05, 0.1) is 41.2 Å². The van der Waals surface area contributed by atoms with Gasteiger partial charge < -0.3 is 63.1 Å². The predicted octanol–water partition coefficient (Wildman–Crippen LogP) is 9.56. The number of aromatic hydroxyl groups is 2. The zero-order valence-corrected chi connectivity index (χ0v) is 56.8. The molecule has 0 bridgehead atoms. The van der Waals surface area contributed by atoms with Crippen molar-refractivity contribution < 1.29 is 117 Å². The number of methoxy groups -OCH3 is 3. The Labute approximate surface area is 532 Å². The molecule has 454 valence electrons. The first kappa shape index (κ1) is 77.9. The van der Waals surface area contributed by atoms with Gasteiger partial charge in [0.25, 0.3) is 0 Å². The largest absolute Gasteiger partial charge is 1.00 e. The molecular formula is C61H82INaO18PS-. The van der Waals surface area contributed by atoms with Gasteiger partial charge >= 0.3 is 59.4 Å². The number of hydrogen-bond donors (Lipinski definition) is 2. The van der Waals surface area contributed by atoms with Gasteiger partial charge in [-0.2, -0.15) is 0 Å². The Morgan fingerprint density at radius 2 is 0.940 bits per heavy atom. The average molecular weight is 1320 g/mol. The second-order valence-corrected chi connectivity index (χ2v) is 21.5. The van der Waals surface area contributed by atoms with Crippen LogP contribution in [0.5, 0.6) is 34.5 Å². The third-order valence-corrected chi connectivity index (χ3v) is 13.0. The van der Waals surface area contributed by atoms with Crippen molar-refractivity contribution in [2.75, 3.05) is 52.2 Å². The minimum atomic E-state index is -0.512. The number of carbonyl (C=O) groups excluding carboxylic acids is 6. The molecule has 0 spiro atoms. The summed E-state index contributed by atoms with van der Waals surface area (Å²) < 4.78 is 48.9. The number of esters is 5. The Morgan fingerprint density at radius 1 is 0.614 bits per heavy atom. The summed E-state index contributed by atoms with van der Waals surface area (Å²) in [5.41, 5.74) is 10.7. The summed E-state index contributed by atoms with van der Waals surface area (Å²) >= 11 is 6.65. The molecule has 3 heterocycles. The van der Waals surface area contributed by atoms with Crippen molar-refractivity contribution >= 4 is 77.9 Å². The van der Waals surface area contributed by atoms with E-state index in [9.17, 15) is 39.0 Å². The van der Waals surface area contributed by atoms with Crippen molar-refractivity contribution in [2.45, 2.75) is 153 Å². The van der Waals surface area contributed by atoms with E-state index in [1.807, 2.05) is 79.6 Å². The molecule has 3 aliphatic rings. The molecule has 0 aromatic heterocycles. The predicted molar refractivity (Wildman–Crippen MR) is 325 cm³/mol. The monoisotopic (exact) mass is 1320 g/mol. The van der Waals surface area contributed by atoms with Gasteiger partial charge in [-0.15, -0.1) is 6.42 Å². The van der Waals surface area contributed by atoms with Gasteiger partial charge in [-0.3, -0.25) is 15.9 Å². The van der Waals surface area contributed by atoms with E-state index < -0.39 is 11.9 Å². The zero-order valence-electron chi connectivity index (χ0n) is 51.0. The molecule has 0 amide bonds. The van der Waals surface area contributed by atoms with E-state index in [0.717, 1.165) is 64.1 Å². The van der Waals surface area contributed by atoms with Crippen LogP contribution < -0.4 is 48.5 Å². The minimum absolute atomic E-state index is 0. The van der Waals surface area contributed by atoms with Gasteiger partial charge in [0.15, 0.2) is 0 Å². The average Bonchev–Trinajstić information content (AvgIpc) is 3.81. The number of alkyl halides is 1. The molecule has 6 rings (SSSR count). The minimum Gasteiger partial charge on any atom is -0.870 e. The number of allylic oxidation sites excluding steroid dienone is 6. The van der Waals surface area contributed by atoms with Crippen LogP contribution in [-0.4, -0.2) is 104 Å². The van der Waals surface area contributed by atoms with Crippen molar-refractivity contribution in [2.24, 2.45) is 0 Å². The Balaban J connectivity index is 0.00000115. The normalized spacial score (nSPS) is 12.6. The Kier molecular flexibility index (Phi) is 38.5. The zero-order chi connectivity index (χ0) is 60.9. The first-order valence-corrected chi connectivity index (χ1v) is 30.7. The SMILES string of the molecule is CCCOc1c(C/C=C(\C)CCC(=O)OCC)c(OC)c(C)c2c1C(=O)OC2.CCI.CCOC(=O)CC/C(C)=C/Cc1c(O)c2c(c(C)c1OC)COC2=O.COc1c(C)c2c(c(O)c1C/C=C(\C)CC[C-]=O)C(=O)OC2.CP=S.[Na+].[OH-]. The maximum Gasteiger partial charge on any atom is 1.00 e. The molecule has 0 radical (unpaired) electrons. The van der Waals surface area contributed by atoms with Gasteiger partial charge in [0, 0.05) is 46.2 Å². The van der Waals surface area contributed by atoms with Crippen molar-refractivity contribution in [1.29, 1.82) is 0 Å². The maximum atomic E-state index is 12.3. The van der Waals surface area contributed by atoms with Crippen LogP contribution in [-0.2, 0) is 89.0 Å². The van der Waals surface area contributed by atoms with Gasteiger partial charge in [0.1, 0.15) is 71.0 Å². The number of phenolic OH excluding ortho intramolecular Hbond substituents is 2. The van der Waals surface area contributed by atoms with Crippen LogP contribution in [0, 0.1) is 20.8 Å². The second kappa shape index (κ2) is 41.0. The molecule has 3 aliphatic heterocycles. The van der Waals surface area contributed by atoms with E-state index in [1.54, 1.807) is 21.0 Å². The number of phenols is 2. The molecule has 0 saturated heterocycles. The standard InChI is InChI=1S/C22H30O6.C19H24O6.C17H19O5.C2H5I.CH3PS.Na.H2O/c1-6-12-27-21-16(10-8-14(3)9-11-18(23)26-7-2)20(25-5)15(4)17-13-28-22(24)19(17)21;1-5-24-15(20)9-7-11(2)6-8-13-17(21)16-14(10-25-19(16)22)12(3)18(13)23-4;1-10(5-4-8-18)6-7-12-15(19)14-13(9-22-17(14)20)11(2)16(12)21-3;2*1-2-3;;/h8H,6-7,9-13H2,1-5H3;6,21H,5,7-10H2,1-4H3;6,19H,4-5,7,9H2,1-3H3;2H2,1H3;1H3;;1H2/q;;-1;;;+1;/p-1/b14-8+;11-6+;10-6+;;;;. The van der Waals surface area contributed by atoms with Gasteiger partial charge in [-0.25, -0.2) is 14.4 Å². The molecule has 3 aromatic carbocycles. The van der Waals surface area contributed by atoms with Gasteiger partial charge in [-0.1, -0.05) is 89.6 Å². The van der Waals surface area contributed by atoms with Crippen molar-refractivity contribution in [1.82, 2.24) is 0 Å². The summed E-state index contributed by atoms with van der Waals surface area (Å²) in [7, 11) is 5.69. The summed E-state index contributed by atoms with van der Waals surface area (Å²) in [5, 5.41) is 21.0. The van der Waals surface area contributed by atoms with Crippen LogP contribution in [0.4, 0.5) is 0 Å². The summed E-state index contributed by atoms with van der Waals surface area (Å²) in [6.07, 6.45) is 12.7. The first-order valence-electron chi connectivity index (χ1n) is 26.8. The van der Waals surface area contributed by atoms with E-state index in [1.165, 1.54) is 18.6 Å². The molecule has 22 heteroatoms. The van der Waals surface area contributed by atoms with Crippen LogP contribution in [0.1, 0.15) is 175 Å². The molecule has 18 nitrogen and oxygen atoms in total. The molecule has 0 unspecified atom stereocenters. The number of carbonyl (C=O) groups is 5. The smallest absolute Gasteiger partial charge is 0.870 e. The van der Waals surface area contributed by atoms with E-state index >= 15 is 0 Å². The molecule has 83 heavy (non-hydrogen) atoms. The van der Waals surface area contributed by atoms with E-state index in [2.05, 4.69) is 41.3 Å². The Hall–Kier alpha value is -5.09. The van der Waals surface area contributed by atoms with E-state index in [4.69, 9.17) is 42.6 Å². The van der Waals surface area contributed by atoms with Crippen LogP contribution >= 0.6 is 29.9 Å². The van der Waals surface area contributed by atoms with Crippen molar-refractivity contribution in [3.63, 3.8) is 0 Å². The molecule has 3 aromatic rings. The Morgan fingerprint density at radius 3 is 1.28 bits per heavy atom. The van der Waals surface area contributed by atoms with Crippen LogP contribution in [0.3, 0.4) is 0 Å². The number of rotatable bonds is 23. The quantitative estimate of drug-likeness (QED) is 0.0131. The summed E-state index contributed by atoms with van der Waals surface area (Å²) in [6.45, 7) is 22.9. The molecule has 3 N–H and O–H groups in total. The molecule has 0 aliphatic carbocycles. The first-order chi connectivity index (χ1) is 38.7. The topological polar surface area (TPSA) is 256 Å².